The quantitative estimate of drug-likeness (QED) is 0.728. The Morgan fingerprint density at radius 3 is 2.25 bits per heavy atom. The minimum absolute atomic E-state index is 0.292. The summed E-state index contributed by atoms with van der Waals surface area (Å²) >= 11 is 0. The first-order valence-electron chi connectivity index (χ1n) is 4.50. The van der Waals surface area contributed by atoms with Crippen LogP contribution in [0.4, 0.5) is 0 Å². The Bertz CT molecular complexity index is 216. The molecule has 1 unspecified atom stereocenters. The van der Waals surface area contributed by atoms with E-state index in [0.29, 0.717) is 12.0 Å². The Kier molecular flexibility index (Phi) is 3.30. The average molecular weight is 163 g/mol. The summed E-state index contributed by atoms with van der Waals surface area (Å²) in [6, 6.07) is 10.8. The topological polar surface area (TPSA) is 26.0 Å². The van der Waals surface area contributed by atoms with Gasteiger partial charge in [-0.3, -0.25) is 0 Å². The molecule has 0 aliphatic carbocycles. The fourth-order valence-electron chi connectivity index (χ4n) is 1.48. The van der Waals surface area contributed by atoms with E-state index in [9.17, 15) is 0 Å². The summed E-state index contributed by atoms with van der Waals surface area (Å²) in [5.41, 5.74) is 7.11. The SMILES string of the molecule is CC(C[C@H](C)N)c1ccccc1. The van der Waals surface area contributed by atoms with Gasteiger partial charge in [0.2, 0.25) is 0 Å². The molecule has 0 amide bonds. The van der Waals surface area contributed by atoms with Gasteiger partial charge in [0, 0.05) is 6.04 Å². The molecule has 2 N–H and O–H groups in total. The standard InChI is InChI=1S/C11H17N/c1-9(8-10(2)12)11-6-4-3-5-7-11/h3-7,9-10H,8,12H2,1-2H3/t9?,10-/m0/s1. The minimum atomic E-state index is 0.292. The van der Waals surface area contributed by atoms with Gasteiger partial charge >= 0.3 is 0 Å². The largest absolute Gasteiger partial charge is 0.328 e. The highest BCUT2D eigenvalue weighted by Crippen LogP contribution is 2.18. The molecule has 0 radical (unpaired) electrons. The second-order valence-corrected chi connectivity index (χ2v) is 3.52. The van der Waals surface area contributed by atoms with Gasteiger partial charge < -0.3 is 5.73 Å². The Morgan fingerprint density at radius 2 is 1.75 bits per heavy atom. The molecule has 0 saturated heterocycles. The Morgan fingerprint density at radius 1 is 1.17 bits per heavy atom. The molecule has 0 aromatic heterocycles. The summed E-state index contributed by atoms with van der Waals surface area (Å²) in [6.45, 7) is 4.28. The second-order valence-electron chi connectivity index (χ2n) is 3.52. The molecular formula is C11H17N. The van der Waals surface area contributed by atoms with Gasteiger partial charge in [-0.05, 0) is 24.8 Å². The summed E-state index contributed by atoms with van der Waals surface area (Å²) in [5.74, 6) is 0.575. The van der Waals surface area contributed by atoms with Crippen molar-refractivity contribution in [2.75, 3.05) is 0 Å². The predicted molar refractivity (Wildman–Crippen MR) is 53.1 cm³/mol. The third-order valence-electron chi connectivity index (χ3n) is 2.09. The lowest BCUT2D eigenvalue weighted by molar-refractivity contribution is 0.586. The minimum Gasteiger partial charge on any atom is -0.328 e. The Balaban J connectivity index is 2.59. The maximum absolute atomic E-state index is 5.73. The van der Waals surface area contributed by atoms with Crippen molar-refractivity contribution in [1.82, 2.24) is 0 Å². The number of hydrogen-bond acceptors (Lipinski definition) is 1. The van der Waals surface area contributed by atoms with Crippen LogP contribution in [0.5, 0.6) is 0 Å². The fourth-order valence-corrected chi connectivity index (χ4v) is 1.48. The van der Waals surface area contributed by atoms with Crippen molar-refractivity contribution in [3.8, 4) is 0 Å². The normalized spacial score (nSPS) is 15.6. The molecule has 0 spiro atoms. The third kappa shape index (κ3) is 2.67. The molecular weight excluding hydrogens is 146 g/mol. The highest BCUT2D eigenvalue weighted by molar-refractivity contribution is 5.18. The maximum Gasteiger partial charge on any atom is 0.00162 e. The van der Waals surface area contributed by atoms with E-state index >= 15 is 0 Å². The zero-order valence-corrected chi connectivity index (χ0v) is 7.83. The van der Waals surface area contributed by atoms with Gasteiger partial charge in [0.25, 0.3) is 0 Å². The summed E-state index contributed by atoms with van der Waals surface area (Å²) in [6.07, 6.45) is 1.06. The number of benzene rings is 1. The molecule has 0 heterocycles. The lowest BCUT2D eigenvalue weighted by Gasteiger charge is -2.13. The lowest BCUT2D eigenvalue weighted by Crippen LogP contribution is -2.17. The summed E-state index contributed by atoms with van der Waals surface area (Å²) < 4.78 is 0. The molecule has 1 heteroatoms. The highest BCUT2D eigenvalue weighted by atomic mass is 14.6. The summed E-state index contributed by atoms with van der Waals surface area (Å²) in [7, 11) is 0. The Labute approximate surface area is 74.6 Å². The molecule has 1 aromatic carbocycles. The molecule has 0 aliphatic heterocycles. The third-order valence-corrected chi connectivity index (χ3v) is 2.09. The van der Waals surface area contributed by atoms with Gasteiger partial charge in [-0.15, -0.1) is 0 Å². The van der Waals surface area contributed by atoms with E-state index in [2.05, 4.69) is 38.1 Å². The van der Waals surface area contributed by atoms with Crippen LogP contribution in [0.2, 0.25) is 0 Å². The van der Waals surface area contributed by atoms with Gasteiger partial charge in [-0.25, -0.2) is 0 Å². The van der Waals surface area contributed by atoms with Crippen LogP contribution in [0, 0.1) is 0 Å². The van der Waals surface area contributed by atoms with Crippen LogP contribution in [0.15, 0.2) is 30.3 Å². The van der Waals surface area contributed by atoms with E-state index in [0.717, 1.165) is 6.42 Å². The lowest BCUT2D eigenvalue weighted by atomic mass is 9.95. The van der Waals surface area contributed by atoms with Gasteiger partial charge in [0.15, 0.2) is 0 Å². The van der Waals surface area contributed by atoms with Crippen molar-refractivity contribution < 1.29 is 0 Å². The second kappa shape index (κ2) is 4.27. The molecule has 12 heavy (non-hydrogen) atoms. The van der Waals surface area contributed by atoms with Crippen molar-refractivity contribution in [3.05, 3.63) is 35.9 Å². The van der Waals surface area contributed by atoms with E-state index < -0.39 is 0 Å². The van der Waals surface area contributed by atoms with E-state index in [-0.39, 0.29) is 0 Å². The molecule has 0 fully saturated rings. The van der Waals surface area contributed by atoms with Crippen LogP contribution in [0.1, 0.15) is 31.7 Å². The predicted octanol–water partition coefficient (Wildman–Crippen LogP) is 2.53. The molecule has 1 aromatic rings. The Hall–Kier alpha value is -0.820. The molecule has 1 rings (SSSR count). The molecule has 66 valence electrons. The van der Waals surface area contributed by atoms with Gasteiger partial charge in [0.1, 0.15) is 0 Å². The molecule has 0 saturated carbocycles. The van der Waals surface area contributed by atoms with Crippen molar-refractivity contribution >= 4 is 0 Å². The van der Waals surface area contributed by atoms with Crippen molar-refractivity contribution in [2.45, 2.75) is 32.2 Å². The van der Waals surface area contributed by atoms with Crippen LogP contribution >= 0.6 is 0 Å². The number of hydrogen-bond donors (Lipinski definition) is 1. The molecule has 0 bridgehead atoms. The van der Waals surface area contributed by atoms with Crippen molar-refractivity contribution in [2.24, 2.45) is 5.73 Å². The molecule has 2 atom stereocenters. The number of rotatable bonds is 3. The van der Waals surface area contributed by atoms with Crippen molar-refractivity contribution in [3.63, 3.8) is 0 Å². The van der Waals surface area contributed by atoms with Gasteiger partial charge in [-0.1, -0.05) is 37.3 Å². The average Bonchev–Trinajstić information content (AvgIpc) is 2.05. The summed E-state index contributed by atoms with van der Waals surface area (Å²) in [4.78, 5) is 0. The van der Waals surface area contributed by atoms with Gasteiger partial charge in [0.05, 0.1) is 0 Å². The zero-order chi connectivity index (χ0) is 8.97. The van der Waals surface area contributed by atoms with E-state index in [4.69, 9.17) is 5.73 Å². The summed E-state index contributed by atoms with van der Waals surface area (Å²) in [5, 5.41) is 0. The van der Waals surface area contributed by atoms with Crippen LogP contribution in [-0.2, 0) is 0 Å². The monoisotopic (exact) mass is 163 g/mol. The smallest absolute Gasteiger partial charge is 0.00162 e. The molecule has 0 aliphatic rings. The first kappa shape index (κ1) is 9.27. The highest BCUT2D eigenvalue weighted by Gasteiger charge is 2.06. The molecule has 1 nitrogen and oxygen atoms in total. The van der Waals surface area contributed by atoms with Crippen molar-refractivity contribution in [1.29, 1.82) is 0 Å². The van der Waals surface area contributed by atoms with Crippen LogP contribution in [0.3, 0.4) is 0 Å². The zero-order valence-electron chi connectivity index (χ0n) is 7.83. The first-order chi connectivity index (χ1) is 5.70. The van der Waals surface area contributed by atoms with E-state index in [1.165, 1.54) is 5.56 Å². The fraction of sp³-hybridized carbons (Fsp3) is 0.455. The van der Waals surface area contributed by atoms with Gasteiger partial charge in [-0.2, -0.15) is 0 Å². The van der Waals surface area contributed by atoms with Crippen LogP contribution in [-0.4, -0.2) is 6.04 Å². The number of nitrogens with two attached hydrogens (primary N) is 1. The van der Waals surface area contributed by atoms with E-state index in [1.54, 1.807) is 0 Å². The maximum atomic E-state index is 5.73. The van der Waals surface area contributed by atoms with Crippen LogP contribution < -0.4 is 5.73 Å². The van der Waals surface area contributed by atoms with Crippen LogP contribution in [0.25, 0.3) is 0 Å². The van der Waals surface area contributed by atoms with E-state index in [1.807, 2.05) is 6.07 Å². The first-order valence-corrected chi connectivity index (χ1v) is 4.50.